The Labute approximate surface area is 120 Å². The molecule has 1 saturated heterocycles. The zero-order chi connectivity index (χ0) is 14.8. The highest BCUT2D eigenvalue weighted by Gasteiger charge is 2.32. The van der Waals surface area contributed by atoms with E-state index in [0.29, 0.717) is 13.0 Å². The summed E-state index contributed by atoms with van der Waals surface area (Å²) in [4.78, 5) is 0. The van der Waals surface area contributed by atoms with E-state index in [4.69, 9.17) is 15.2 Å². The quantitative estimate of drug-likeness (QED) is 0.902. The number of benzene rings is 1. The van der Waals surface area contributed by atoms with Gasteiger partial charge in [-0.15, -0.1) is 0 Å². The van der Waals surface area contributed by atoms with Crippen molar-refractivity contribution in [1.82, 2.24) is 0 Å². The van der Waals surface area contributed by atoms with Crippen LogP contribution in [0.1, 0.15) is 39.2 Å². The minimum Gasteiger partial charge on any atom is -0.488 e. The van der Waals surface area contributed by atoms with Crippen molar-refractivity contribution >= 4 is 0 Å². The van der Waals surface area contributed by atoms with E-state index in [-0.39, 0.29) is 29.3 Å². The van der Waals surface area contributed by atoms with Crippen LogP contribution in [0.25, 0.3) is 0 Å². The maximum atomic E-state index is 13.9. The van der Waals surface area contributed by atoms with Gasteiger partial charge in [-0.05, 0) is 57.7 Å². The van der Waals surface area contributed by atoms with Gasteiger partial charge in [0.05, 0.1) is 11.7 Å². The molecule has 1 aliphatic heterocycles. The fraction of sp³-hybridized carbons (Fsp3) is 0.625. The molecule has 0 bridgehead atoms. The molecule has 2 atom stereocenters. The van der Waals surface area contributed by atoms with Crippen LogP contribution in [0.15, 0.2) is 18.2 Å². The number of hydrogen-bond donors (Lipinski definition) is 1. The molecule has 1 aromatic carbocycles. The molecule has 3 nitrogen and oxygen atoms in total. The molecule has 1 heterocycles. The predicted molar refractivity (Wildman–Crippen MR) is 77.4 cm³/mol. The summed E-state index contributed by atoms with van der Waals surface area (Å²) in [6.45, 7) is 6.43. The van der Waals surface area contributed by atoms with Gasteiger partial charge in [0.25, 0.3) is 0 Å². The molecule has 0 amide bonds. The molecule has 2 rings (SSSR count). The molecule has 4 heteroatoms. The molecule has 0 aliphatic carbocycles. The summed E-state index contributed by atoms with van der Waals surface area (Å²) in [5.74, 6) is -0.0489. The first kappa shape index (κ1) is 15.3. The van der Waals surface area contributed by atoms with E-state index >= 15 is 0 Å². The number of rotatable bonds is 5. The van der Waals surface area contributed by atoms with E-state index in [9.17, 15) is 4.39 Å². The van der Waals surface area contributed by atoms with Crippen LogP contribution in [0.2, 0.25) is 0 Å². The third kappa shape index (κ3) is 4.18. The Morgan fingerprint density at radius 1 is 1.50 bits per heavy atom. The maximum Gasteiger partial charge on any atom is 0.165 e. The molecule has 2 unspecified atom stereocenters. The molecule has 1 fully saturated rings. The van der Waals surface area contributed by atoms with Gasteiger partial charge in [0.1, 0.15) is 6.61 Å². The third-order valence-electron chi connectivity index (χ3n) is 3.53. The van der Waals surface area contributed by atoms with Gasteiger partial charge >= 0.3 is 0 Å². The zero-order valence-electron chi connectivity index (χ0n) is 12.5. The first-order valence-electron chi connectivity index (χ1n) is 7.20. The van der Waals surface area contributed by atoms with E-state index in [1.54, 1.807) is 6.07 Å². The Morgan fingerprint density at radius 3 is 2.80 bits per heavy atom. The van der Waals surface area contributed by atoms with E-state index in [0.717, 1.165) is 18.4 Å². The average molecular weight is 281 g/mol. The van der Waals surface area contributed by atoms with Gasteiger partial charge in [0.2, 0.25) is 0 Å². The van der Waals surface area contributed by atoms with Gasteiger partial charge in [-0.1, -0.05) is 6.07 Å². The fourth-order valence-corrected chi connectivity index (χ4v) is 2.54. The summed E-state index contributed by atoms with van der Waals surface area (Å²) >= 11 is 0. The molecule has 1 aliphatic rings. The van der Waals surface area contributed by atoms with Crippen LogP contribution in [0, 0.1) is 5.82 Å². The molecule has 1 aromatic rings. The Hall–Kier alpha value is -1.13. The highest BCUT2D eigenvalue weighted by molar-refractivity contribution is 5.29. The van der Waals surface area contributed by atoms with Crippen molar-refractivity contribution in [2.24, 2.45) is 5.73 Å². The number of nitrogens with two attached hydrogens (primary N) is 1. The van der Waals surface area contributed by atoms with E-state index < -0.39 is 0 Å². The SMILES string of the molecule is CC(N)Cc1ccc(OCC2CCC(C)(C)O2)c(F)c1. The van der Waals surface area contributed by atoms with E-state index in [1.807, 2.05) is 13.0 Å². The second-order valence-corrected chi connectivity index (χ2v) is 6.30. The van der Waals surface area contributed by atoms with Crippen LogP contribution in [0.3, 0.4) is 0 Å². The average Bonchev–Trinajstić information content (AvgIpc) is 2.67. The molecular formula is C16H24FNO2. The second kappa shape index (κ2) is 6.10. The number of hydrogen-bond acceptors (Lipinski definition) is 3. The molecule has 0 radical (unpaired) electrons. The smallest absolute Gasteiger partial charge is 0.165 e. The maximum absolute atomic E-state index is 13.9. The van der Waals surface area contributed by atoms with Crippen molar-refractivity contribution in [2.75, 3.05) is 6.61 Å². The minimum absolute atomic E-state index is 0.0234. The Balaban J connectivity index is 1.90. The topological polar surface area (TPSA) is 44.5 Å². The lowest BCUT2D eigenvalue weighted by atomic mass is 10.1. The Bertz CT molecular complexity index is 460. The molecule has 0 spiro atoms. The van der Waals surface area contributed by atoms with Gasteiger partial charge in [-0.2, -0.15) is 0 Å². The van der Waals surface area contributed by atoms with Gasteiger partial charge in [-0.3, -0.25) is 0 Å². The second-order valence-electron chi connectivity index (χ2n) is 6.30. The predicted octanol–water partition coefficient (Wildman–Crippen LogP) is 3.05. The molecule has 0 saturated carbocycles. The van der Waals surface area contributed by atoms with Crippen LogP contribution in [-0.2, 0) is 11.2 Å². The minimum atomic E-state index is -0.333. The van der Waals surface area contributed by atoms with E-state index in [2.05, 4.69) is 13.8 Å². The summed E-state index contributed by atoms with van der Waals surface area (Å²) in [7, 11) is 0. The lowest BCUT2D eigenvalue weighted by Crippen LogP contribution is -2.24. The van der Waals surface area contributed by atoms with Crippen LogP contribution < -0.4 is 10.5 Å². The first-order valence-corrected chi connectivity index (χ1v) is 7.20. The van der Waals surface area contributed by atoms with Crippen LogP contribution in [0.4, 0.5) is 4.39 Å². The van der Waals surface area contributed by atoms with Crippen LogP contribution in [-0.4, -0.2) is 24.4 Å². The van der Waals surface area contributed by atoms with Crippen molar-refractivity contribution in [2.45, 2.75) is 57.8 Å². The van der Waals surface area contributed by atoms with Gasteiger partial charge < -0.3 is 15.2 Å². The molecule has 112 valence electrons. The third-order valence-corrected chi connectivity index (χ3v) is 3.53. The normalized spacial score (nSPS) is 22.8. The van der Waals surface area contributed by atoms with Crippen molar-refractivity contribution in [1.29, 1.82) is 0 Å². The Morgan fingerprint density at radius 2 is 2.25 bits per heavy atom. The summed E-state index contributed by atoms with van der Waals surface area (Å²) in [5.41, 5.74) is 6.51. The summed E-state index contributed by atoms with van der Waals surface area (Å²) in [5, 5.41) is 0. The fourth-order valence-electron chi connectivity index (χ4n) is 2.54. The van der Waals surface area contributed by atoms with Crippen LogP contribution >= 0.6 is 0 Å². The zero-order valence-corrected chi connectivity index (χ0v) is 12.5. The van der Waals surface area contributed by atoms with Crippen molar-refractivity contribution in [3.05, 3.63) is 29.6 Å². The number of ether oxygens (including phenoxy) is 2. The molecule has 0 aromatic heterocycles. The molecule has 2 N–H and O–H groups in total. The highest BCUT2D eigenvalue weighted by Crippen LogP contribution is 2.30. The molecule has 20 heavy (non-hydrogen) atoms. The monoisotopic (exact) mass is 281 g/mol. The largest absolute Gasteiger partial charge is 0.488 e. The van der Waals surface area contributed by atoms with Crippen molar-refractivity contribution in [3.63, 3.8) is 0 Å². The van der Waals surface area contributed by atoms with Crippen molar-refractivity contribution in [3.8, 4) is 5.75 Å². The standard InChI is InChI=1S/C16H24FNO2/c1-11(18)8-12-4-5-15(14(17)9-12)19-10-13-6-7-16(2,3)20-13/h4-5,9,11,13H,6-8,10,18H2,1-3H3. The first-order chi connectivity index (χ1) is 9.35. The lowest BCUT2D eigenvalue weighted by Gasteiger charge is -2.19. The highest BCUT2D eigenvalue weighted by atomic mass is 19.1. The number of halogens is 1. The summed E-state index contributed by atoms with van der Waals surface area (Å²) in [6, 6.07) is 5.06. The summed E-state index contributed by atoms with van der Waals surface area (Å²) in [6.07, 6.45) is 2.68. The van der Waals surface area contributed by atoms with Crippen molar-refractivity contribution < 1.29 is 13.9 Å². The van der Waals surface area contributed by atoms with Gasteiger partial charge in [0, 0.05) is 6.04 Å². The molecular weight excluding hydrogens is 257 g/mol. The Kier molecular flexibility index (Phi) is 4.66. The summed E-state index contributed by atoms with van der Waals surface area (Å²) < 4.78 is 25.3. The van der Waals surface area contributed by atoms with Gasteiger partial charge in [-0.25, -0.2) is 4.39 Å². The van der Waals surface area contributed by atoms with Crippen LogP contribution in [0.5, 0.6) is 5.75 Å². The lowest BCUT2D eigenvalue weighted by molar-refractivity contribution is -0.0330. The van der Waals surface area contributed by atoms with Gasteiger partial charge in [0.15, 0.2) is 11.6 Å². The van der Waals surface area contributed by atoms with E-state index in [1.165, 1.54) is 6.07 Å².